The minimum atomic E-state index is -1.21. The first kappa shape index (κ1) is 28.0. The van der Waals surface area contributed by atoms with E-state index in [0.717, 1.165) is 0 Å². The quantitative estimate of drug-likeness (QED) is 0.205. The Bertz CT molecular complexity index is 1480. The molecule has 0 aliphatic carbocycles. The van der Waals surface area contributed by atoms with Gasteiger partial charge in [0.2, 0.25) is 5.91 Å². The number of hydrogen-bond acceptors (Lipinski definition) is 7. The summed E-state index contributed by atoms with van der Waals surface area (Å²) in [6.07, 6.45) is -0.824. The Morgan fingerprint density at radius 2 is 1.77 bits per heavy atom. The maximum absolute atomic E-state index is 13.1. The number of nitro groups is 1. The maximum atomic E-state index is 13.1. The van der Waals surface area contributed by atoms with Gasteiger partial charge in [-0.3, -0.25) is 19.9 Å². The number of carbonyl (C=O) groups excluding carboxylic acids is 2. The topological polar surface area (TPSA) is 160 Å². The van der Waals surface area contributed by atoms with Gasteiger partial charge in [0, 0.05) is 29.8 Å². The van der Waals surface area contributed by atoms with E-state index in [1.165, 1.54) is 18.2 Å². The molecule has 206 valence electrons. The van der Waals surface area contributed by atoms with E-state index in [1.807, 2.05) is 6.07 Å². The number of alkyl carbamates (subject to hydrolysis) is 1. The minimum absolute atomic E-state index is 0.00614. The molecule has 11 heteroatoms. The van der Waals surface area contributed by atoms with Crippen LogP contribution < -0.4 is 10.6 Å². The second kappa shape index (κ2) is 11.4. The van der Waals surface area contributed by atoms with Gasteiger partial charge in [-0.15, -0.1) is 0 Å². The first-order valence-corrected chi connectivity index (χ1v) is 12.5. The van der Waals surface area contributed by atoms with Crippen LogP contribution in [0.25, 0.3) is 0 Å². The number of ether oxygens (including phenoxy) is 1. The van der Waals surface area contributed by atoms with Crippen molar-refractivity contribution in [3.63, 3.8) is 0 Å². The molecule has 2 amide bonds. The zero-order valence-corrected chi connectivity index (χ0v) is 22.1. The lowest BCUT2D eigenvalue weighted by molar-refractivity contribution is -0.384. The number of carboxylic acid groups (broad SMARTS) is 1. The third kappa shape index (κ3) is 6.68. The molecule has 1 aliphatic rings. The van der Waals surface area contributed by atoms with Crippen molar-refractivity contribution in [1.82, 2.24) is 5.32 Å². The highest BCUT2D eigenvalue weighted by atomic mass is 16.6. The van der Waals surface area contributed by atoms with Gasteiger partial charge in [0.05, 0.1) is 16.3 Å². The molecule has 2 atom stereocenters. The van der Waals surface area contributed by atoms with E-state index < -0.39 is 34.5 Å². The molecule has 3 aromatic carbocycles. The highest BCUT2D eigenvalue weighted by Crippen LogP contribution is 2.38. The summed E-state index contributed by atoms with van der Waals surface area (Å²) in [5.74, 6) is -2.45. The summed E-state index contributed by atoms with van der Waals surface area (Å²) in [4.78, 5) is 52.5. The number of carboxylic acids is 1. The Kier molecular flexibility index (Phi) is 7.94. The number of aliphatic carboxylic acids is 1. The molecule has 0 fully saturated rings. The highest BCUT2D eigenvalue weighted by Gasteiger charge is 2.36. The van der Waals surface area contributed by atoms with Crippen molar-refractivity contribution in [2.24, 2.45) is 4.99 Å². The van der Waals surface area contributed by atoms with Gasteiger partial charge in [-0.1, -0.05) is 42.5 Å². The van der Waals surface area contributed by atoms with E-state index >= 15 is 0 Å². The van der Waals surface area contributed by atoms with Crippen molar-refractivity contribution in [3.8, 4) is 0 Å². The van der Waals surface area contributed by atoms with Gasteiger partial charge in [0.1, 0.15) is 17.6 Å². The molecule has 1 heterocycles. The van der Waals surface area contributed by atoms with Crippen LogP contribution in [0.2, 0.25) is 0 Å². The summed E-state index contributed by atoms with van der Waals surface area (Å²) in [7, 11) is 0. The molecule has 4 rings (SSSR count). The molecule has 11 nitrogen and oxygen atoms in total. The van der Waals surface area contributed by atoms with E-state index in [0.29, 0.717) is 33.8 Å². The zero-order chi connectivity index (χ0) is 29.0. The van der Waals surface area contributed by atoms with Gasteiger partial charge in [-0.2, -0.15) is 0 Å². The maximum Gasteiger partial charge on any atom is 0.408 e. The average Bonchev–Trinajstić information content (AvgIpc) is 3.21. The molecule has 1 aliphatic heterocycles. The number of anilines is 1. The monoisotopic (exact) mass is 544 g/mol. The number of aliphatic imine (C=N–C) groups is 1. The van der Waals surface area contributed by atoms with E-state index in [-0.39, 0.29) is 18.0 Å². The van der Waals surface area contributed by atoms with E-state index in [1.54, 1.807) is 69.3 Å². The Morgan fingerprint density at radius 1 is 1.10 bits per heavy atom. The van der Waals surface area contributed by atoms with Crippen LogP contribution >= 0.6 is 0 Å². The summed E-state index contributed by atoms with van der Waals surface area (Å²) < 4.78 is 5.16. The standard InChI is InChI=1S/C29H28N4O7/c1-29(2,3)40-28(37)32-23(27(35)36)15-17-9-11-19(12-10-17)30-25(18-7-5-4-6-8-18)24-21-16-20(33(38)39)13-14-22(21)31-26(24)34/h4-14,16,23-24H,15H2,1-3H3,(H,31,34)(H,32,37)(H,35,36). The Balaban J connectivity index is 1.64. The van der Waals surface area contributed by atoms with E-state index in [9.17, 15) is 29.6 Å². The largest absolute Gasteiger partial charge is 0.480 e. The van der Waals surface area contributed by atoms with Crippen LogP contribution in [-0.2, 0) is 20.7 Å². The van der Waals surface area contributed by atoms with Crippen LogP contribution in [-0.4, -0.2) is 45.4 Å². The van der Waals surface area contributed by atoms with Gasteiger partial charge in [0.25, 0.3) is 5.69 Å². The average molecular weight is 545 g/mol. The molecule has 3 aromatic rings. The highest BCUT2D eigenvalue weighted by molar-refractivity contribution is 6.24. The first-order chi connectivity index (χ1) is 18.9. The number of nitrogens with zero attached hydrogens (tertiary/aromatic N) is 2. The molecule has 0 spiro atoms. The van der Waals surface area contributed by atoms with E-state index in [4.69, 9.17) is 9.73 Å². The third-order valence-electron chi connectivity index (χ3n) is 6.03. The lowest BCUT2D eigenvalue weighted by Gasteiger charge is -2.22. The van der Waals surface area contributed by atoms with Crippen molar-refractivity contribution in [2.45, 2.75) is 44.8 Å². The second-order valence-corrected chi connectivity index (χ2v) is 10.2. The summed E-state index contributed by atoms with van der Waals surface area (Å²) in [6.45, 7) is 5.04. The molecular weight excluding hydrogens is 516 g/mol. The summed E-state index contributed by atoms with van der Waals surface area (Å²) >= 11 is 0. The van der Waals surface area contributed by atoms with Gasteiger partial charge in [-0.05, 0) is 50.1 Å². The number of benzene rings is 3. The van der Waals surface area contributed by atoms with Crippen LogP contribution in [0, 0.1) is 10.1 Å². The lowest BCUT2D eigenvalue weighted by Crippen LogP contribution is -2.44. The fourth-order valence-electron chi connectivity index (χ4n) is 4.27. The molecular formula is C29H28N4O7. The van der Waals surface area contributed by atoms with Crippen molar-refractivity contribution in [1.29, 1.82) is 0 Å². The fourth-order valence-corrected chi connectivity index (χ4v) is 4.27. The number of carbonyl (C=O) groups is 3. The Hall–Kier alpha value is -5.06. The number of nitro benzene ring substituents is 1. The third-order valence-corrected chi connectivity index (χ3v) is 6.03. The van der Waals surface area contributed by atoms with Crippen molar-refractivity contribution >= 4 is 40.7 Å². The van der Waals surface area contributed by atoms with Crippen LogP contribution in [0.1, 0.15) is 43.4 Å². The Morgan fingerprint density at radius 3 is 2.38 bits per heavy atom. The zero-order valence-electron chi connectivity index (χ0n) is 22.1. The van der Waals surface area contributed by atoms with Crippen LogP contribution in [0.3, 0.4) is 0 Å². The predicted octanol–water partition coefficient (Wildman–Crippen LogP) is 4.97. The predicted molar refractivity (Wildman–Crippen MR) is 148 cm³/mol. The molecule has 0 saturated carbocycles. The second-order valence-electron chi connectivity index (χ2n) is 10.2. The molecule has 3 N–H and O–H groups in total. The van der Waals surface area contributed by atoms with E-state index in [2.05, 4.69) is 10.6 Å². The van der Waals surface area contributed by atoms with Gasteiger partial charge >= 0.3 is 12.1 Å². The molecule has 0 radical (unpaired) electrons. The number of non-ortho nitro benzene ring substituents is 1. The van der Waals surface area contributed by atoms with Crippen molar-refractivity contribution in [3.05, 3.63) is 99.6 Å². The molecule has 0 saturated heterocycles. The lowest BCUT2D eigenvalue weighted by atomic mass is 9.90. The number of rotatable bonds is 8. The molecule has 0 bridgehead atoms. The smallest absolute Gasteiger partial charge is 0.408 e. The van der Waals surface area contributed by atoms with Crippen LogP contribution in [0.4, 0.5) is 21.9 Å². The number of amides is 2. The molecule has 40 heavy (non-hydrogen) atoms. The van der Waals surface area contributed by atoms with Gasteiger partial charge < -0.3 is 20.5 Å². The van der Waals surface area contributed by atoms with Gasteiger partial charge in [-0.25, -0.2) is 9.59 Å². The summed E-state index contributed by atoms with van der Waals surface area (Å²) in [5, 5.41) is 26.1. The number of fused-ring (bicyclic) bond motifs is 1. The van der Waals surface area contributed by atoms with Crippen molar-refractivity contribution in [2.75, 3.05) is 5.32 Å². The summed E-state index contributed by atoms with van der Waals surface area (Å²) in [5.41, 5.74) is 2.21. The number of hydrogen-bond donors (Lipinski definition) is 3. The summed E-state index contributed by atoms with van der Waals surface area (Å²) in [6, 6.07) is 18.8. The Labute approximate surface area is 230 Å². The van der Waals surface area contributed by atoms with Crippen LogP contribution in [0.5, 0.6) is 0 Å². The SMILES string of the molecule is CC(C)(C)OC(=O)NC(Cc1ccc(N=C(c2ccccc2)C2C(=O)Nc3ccc([N+](=O)[O-])cc32)cc1)C(=O)O. The van der Waals surface area contributed by atoms with Crippen LogP contribution in [0.15, 0.2) is 77.8 Å². The molecule has 2 unspecified atom stereocenters. The number of nitrogens with one attached hydrogen (secondary N) is 2. The minimum Gasteiger partial charge on any atom is -0.480 e. The first-order valence-electron chi connectivity index (χ1n) is 12.5. The molecule has 0 aromatic heterocycles. The van der Waals surface area contributed by atoms with Crippen molar-refractivity contribution < 1.29 is 29.2 Å². The fraction of sp³-hybridized carbons (Fsp3) is 0.241. The van der Waals surface area contributed by atoms with Gasteiger partial charge in [0.15, 0.2) is 0 Å². The normalized spacial score (nSPS) is 15.5.